The summed E-state index contributed by atoms with van der Waals surface area (Å²) in [6.45, 7) is 8.62. The van der Waals surface area contributed by atoms with Crippen LogP contribution in [0.15, 0.2) is 87.2 Å². The van der Waals surface area contributed by atoms with Crippen molar-refractivity contribution < 1.29 is 18.6 Å². The number of para-hydroxylation sites is 1. The second-order valence-corrected chi connectivity index (χ2v) is 11.4. The van der Waals surface area contributed by atoms with Gasteiger partial charge in [-0.05, 0) is 73.4 Å². The predicted molar refractivity (Wildman–Crippen MR) is 176 cm³/mol. The lowest BCUT2D eigenvalue weighted by atomic mass is 9.96. The molecule has 0 saturated heterocycles. The van der Waals surface area contributed by atoms with Gasteiger partial charge < -0.3 is 14.2 Å². The van der Waals surface area contributed by atoms with Crippen LogP contribution in [-0.4, -0.2) is 29.6 Å². The smallest absolute Gasteiger partial charge is 0.282 e. The van der Waals surface area contributed by atoms with E-state index in [1.165, 1.54) is 24.1 Å². The average Bonchev–Trinajstić information content (AvgIpc) is 3.00. The Kier molecular flexibility index (Phi) is 9.44. The van der Waals surface area contributed by atoms with Crippen molar-refractivity contribution in [1.82, 2.24) is 9.66 Å². The molecule has 5 aromatic rings. The summed E-state index contributed by atoms with van der Waals surface area (Å²) in [7, 11) is 1.52. The molecule has 4 aromatic carbocycles. The number of hydrogen-bond donors (Lipinski definition) is 0. The second kappa shape index (κ2) is 13.4. The monoisotopic (exact) mass is 657 g/mol. The highest BCUT2D eigenvalue weighted by atomic mass is 79.9. The number of aromatic nitrogens is 2. The molecule has 0 bridgehead atoms. The van der Waals surface area contributed by atoms with Crippen LogP contribution in [-0.2, 0) is 6.61 Å². The Balaban J connectivity index is 1.68. The van der Waals surface area contributed by atoms with Crippen molar-refractivity contribution in [2.75, 3.05) is 13.7 Å². The molecule has 9 heteroatoms. The van der Waals surface area contributed by atoms with E-state index in [4.69, 9.17) is 19.2 Å². The molecule has 0 saturated carbocycles. The van der Waals surface area contributed by atoms with Gasteiger partial charge in [-0.2, -0.15) is 9.78 Å². The maximum atomic E-state index is 14.4. The highest BCUT2D eigenvalue weighted by molar-refractivity contribution is 9.10. The number of benzene rings is 4. The minimum absolute atomic E-state index is 0.0302. The number of halogens is 2. The third-order valence-corrected chi connectivity index (χ3v) is 7.64. The highest BCUT2D eigenvalue weighted by Gasteiger charge is 2.19. The fourth-order valence-electron chi connectivity index (χ4n) is 4.95. The maximum Gasteiger partial charge on any atom is 0.282 e. The molecule has 0 aliphatic heterocycles. The summed E-state index contributed by atoms with van der Waals surface area (Å²) in [4.78, 5) is 18.9. The molecule has 1 heterocycles. The summed E-state index contributed by atoms with van der Waals surface area (Å²) < 4.78 is 34.0. The first-order chi connectivity index (χ1) is 21.2. The summed E-state index contributed by atoms with van der Waals surface area (Å²) in [5.74, 6) is 1.77. The summed E-state index contributed by atoms with van der Waals surface area (Å²) >= 11 is 3.52. The molecule has 0 aliphatic rings. The number of fused-ring (bicyclic) bond motifs is 1. The molecule has 1 aromatic heterocycles. The largest absolute Gasteiger partial charge is 0.494 e. The Morgan fingerprint density at radius 2 is 1.77 bits per heavy atom. The van der Waals surface area contributed by atoms with Crippen LogP contribution in [0.5, 0.6) is 17.2 Å². The number of ether oxygens (including phenoxy) is 3. The molecule has 0 N–H and O–H groups in total. The van der Waals surface area contributed by atoms with Crippen LogP contribution in [0.3, 0.4) is 0 Å². The molecular weight excluding hydrogens is 625 g/mol. The van der Waals surface area contributed by atoms with Crippen LogP contribution in [0, 0.1) is 12.7 Å². The molecule has 5 rings (SSSR count). The Labute approximate surface area is 264 Å². The topological polar surface area (TPSA) is 74.9 Å². The Hall–Kier alpha value is -4.50. The van der Waals surface area contributed by atoms with Gasteiger partial charge in [0, 0.05) is 21.2 Å². The molecule has 0 unspecified atom stereocenters. The van der Waals surface area contributed by atoms with Crippen LogP contribution in [0.1, 0.15) is 48.9 Å². The van der Waals surface area contributed by atoms with Gasteiger partial charge in [-0.3, -0.25) is 4.79 Å². The van der Waals surface area contributed by atoms with Gasteiger partial charge in [-0.1, -0.05) is 60.1 Å². The molecule has 0 aliphatic carbocycles. The number of aryl methyl sites for hydroxylation is 1. The first-order valence-corrected chi connectivity index (χ1v) is 15.1. The van der Waals surface area contributed by atoms with Crippen molar-refractivity contribution in [2.45, 2.75) is 40.2 Å². The van der Waals surface area contributed by atoms with Gasteiger partial charge in [0.25, 0.3) is 5.56 Å². The molecule has 0 spiro atoms. The summed E-state index contributed by atoms with van der Waals surface area (Å²) in [6.07, 6.45) is 1.53. The van der Waals surface area contributed by atoms with Gasteiger partial charge in [-0.15, -0.1) is 0 Å². The zero-order valence-electron chi connectivity index (χ0n) is 25.2. The van der Waals surface area contributed by atoms with E-state index in [1.807, 2.05) is 38.1 Å². The SMILES string of the molecule is CCOc1cc(C)c(-c2nc3ccccc3c(=O)n2N=Cc2cc(Br)cc(OC)c2OCc2ccccc2F)cc1C(C)C. The van der Waals surface area contributed by atoms with Crippen molar-refractivity contribution in [3.63, 3.8) is 0 Å². The molecule has 0 fully saturated rings. The third-order valence-electron chi connectivity index (χ3n) is 7.18. The van der Waals surface area contributed by atoms with Crippen molar-refractivity contribution in [2.24, 2.45) is 5.10 Å². The molecular formula is C35H33BrFN3O4. The van der Waals surface area contributed by atoms with E-state index in [9.17, 15) is 9.18 Å². The van der Waals surface area contributed by atoms with Crippen LogP contribution in [0.25, 0.3) is 22.3 Å². The first-order valence-electron chi connectivity index (χ1n) is 14.3. The van der Waals surface area contributed by atoms with E-state index in [0.29, 0.717) is 50.4 Å². The predicted octanol–water partition coefficient (Wildman–Crippen LogP) is 8.27. The number of hydrogen-bond acceptors (Lipinski definition) is 6. The van der Waals surface area contributed by atoms with E-state index >= 15 is 0 Å². The van der Waals surface area contributed by atoms with Crippen molar-refractivity contribution in [1.29, 1.82) is 0 Å². The van der Waals surface area contributed by atoms with Crippen molar-refractivity contribution in [3.05, 3.63) is 116 Å². The first kappa shape index (κ1) is 30.9. The fourth-order valence-corrected chi connectivity index (χ4v) is 5.41. The van der Waals surface area contributed by atoms with Gasteiger partial charge in [0.05, 0.1) is 30.8 Å². The van der Waals surface area contributed by atoms with Crippen LogP contribution in [0.4, 0.5) is 4.39 Å². The summed E-state index contributed by atoms with van der Waals surface area (Å²) in [5.41, 5.74) is 3.82. The third kappa shape index (κ3) is 6.38. The molecule has 0 amide bonds. The molecule has 0 atom stereocenters. The van der Waals surface area contributed by atoms with E-state index in [2.05, 4.69) is 34.9 Å². The molecule has 44 heavy (non-hydrogen) atoms. The van der Waals surface area contributed by atoms with Gasteiger partial charge >= 0.3 is 0 Å². The van der Waals surface area contributed by atoms with Crippen molar-refractivity contribution >= 4 is 33.0 Å². The average molecular weight is 659 g/mol. The second-order valence-electron chi connectivity index (χ2n) is 10.5. The zero-order chi connectivity index (χ0) is 31.4. The normalized spacial score (nSPS) is 11.5. The van der Waals surface area contributed by atoms with Gasteiger partial charge in [0.1, 0.15) is 18.2 Å². The van der Waals surface area contributed by atoms with Gasteiger partial charge in [0.2, 0.25) is 0 Å². The van der Waals surface area contributed by atoms with Crippen LogP contribution < -0.4 is 19.8 Å². The fraction of sp³-hybridized carbons (Fsp3) is 0.229. The van der Waals surface area contributed by atoms with Gasteiger partial charge in [-0.25, -0.2) is 9.37 Å². The van der Waals surface area contributed by atoms with Crippen LogP contribution >= 0.6 is 15.9 Å². The lowest BCUT2D eigenvalue weighted by Gasteiger charge is -2.18. The lowest BCUT2D eigenvalue weighted by Crippen LogP contribution is -2.21. The molecule has 226 valence electrons. The highest BCUT2D eigenvalue weighted by Crippen LogP contribution is 2.36. The lowest BCUT2D eigenvalue weighted by molar-refractivity contribution is 0.279. The molecule has 7 nitrogen and oxygen atoms in total. The quantitative estimate of drug-likeness (QED) is 0.141. The summed E-state index contributed by atoms with van der Waals surface area (Å²) in [6, 6.07) is 21.2. The van der Waals surface area contributed by atoms with Gasteiger partial charge in [0.15, 0.2) is 17.3 Å². The van der Waals surface area contributed by atoms with E-state index in [-0.39, 0.29) is 23.9 Å². The number of nitrogens with zero attached hydrogens (tertiary/aromatic N) is 3. The van der Waals surface area contributed by atoms with Crippen LogP contribution in [0.2, 0.25) is 0 Å². The Bertz CT molecular complexity index is 1920. The zero-order valence-corrected chi connectivity index (χ0v) is 26.8. The number of rotatable bonds is 10. The van der Waals surface area contributed by atoms with E-state index < -0.39 is 0 Å². The Morgan fingerprint density at radius 1 is 1.02 bits per heavy atom. The van der Waals surface area contributed by atoms with E-state index in [0.717, 1.165) is 22.4 Å². The Morgan fingerprint density at radius 3 is 2.50 bits per heavy atom. The summed E-state index contributed by atoms with van der Waals surface area (Å²) in [5, 5.41) is 5.12. The maximum absolute atomic E-state index is 14.4. The minimum atomic E-state index is -0.372. The standard InChI is InChI=1S/C35H33BrFN3O4/c1-6-43-31-15-22(4)28(18-27(31)21(2)3)34-39-30-14-10-8-12-26(30)35(41)40(34)38-19-24-16-25(36)17-32(42-5)33(24)44-20-23-11-7-9-13-29(23)37/h7-19,21H,6,20H2,1-5H3. The molecule has 0 radical (unpaired) electrons. The number of methoxy groups -OCH3 is 1. The van der Waals surface area contributed by atoms with E-state index in [1.54, 1.807) is 42.5 Å². The van der Waals surface area contributed by atoms with Crippen molar-refractivity contribution in [3.8, 4) is 28.6 Å². The minimum Gasteiger partial charge on any atom is -0.494 e.